The number of ether oxygens (including phenoxy) is 1. The minimum absolute atomic E-state index is 0. The Morgan fingerprint density at radius 2 is 1.49 bits per heavy atom. The summed E-state index contributed by atoms with van der Waals surface area (Å²) < 4.78 is 60.5. The van der Waals surface area contributed by atoms with Crippen LogP contribution in [-0.2, 0) is 23.9 Å². The van der Waals surface area contributed by atoms with E-state index in [0.717, 1.165) is 23.3 Å². The number of hydrogen-bond acceptors (Lipinski definition) is 3. The topological polar surface area (TPSA) is 49.8 Å². The van der Waals surface area contributed by atoms with E-state index in [2.05, 4.69) is 4.90 Å². The molecule has 1 atom stereocenters. The molecule has 0 heterocycles. The summed E-state index contributed by atoms with van der Waals surface area (Å²) in [7, 11) is 0. The van der Waals surface area contributed by atoms with Crippen molar-refractivity contribution in [2.45, 2.75) is 44.5 Å². The van der Waals surface area contributed by atoms with Crippen molar-refractivity contribution in [3.05, 3.63) is 137 Å². The molecule has 0 fully saturated rings. The Balaban J connectivity index is 0.00000506. The van der Waals surface area contributed by atoms with Crippen LogP contribution in [0.25, 0.3) is 0 Å². The third kappa shape index (κ3) is 10.1. The van der Waals surface area contributed by atoms with Crippen molar-refractivity contribution in [1.82, 2.24) is 4.90 Å². The van der Waals surface area contributed by atoms with E-state index < -0.39 is 23.5 Å². The summed E-state index contributed by atoms with van der Waals surface area (Å²) in [4.78, 5) is 13.2. The van der Waals surface area contributed by atoms with Gasteiger partial charge in [0.1, 0.15) is 11.6 Å². The predicted octanol–water partition coefficient (Wildman–Crippen LogP) is 8.39. The number of aliphatic carboxylic acids is 1. The molecule has 9 heteroatoms. The fraction of sp³-hybridized carbons (Fsp3) is 0.265. The van der Waals surface area contributed by atoms with Crippen LogP contribution in [0.5, 0.6) is 5.75 Å². The Labute approximate surface area is 255 Å². The summed E-state index contributed by atoms with van der Waals surface area (Å²) in [6.07, 6.45) is -4.62. The molecule has 0 amide bonds. The molecule has 0 radical (unpaired) electrons. The van der Waals surface area contributed by atoms with Gasteiger partial charge in [-0.25, -0.2) is 4.39 Å². The van der Waals surface area contributed by atoms with Gasteiger partial charge in [-0.3, -0.25) is 9.69 Å². The van der Waals surface area contributed by atoms with E-state index in [9.17, 15) is 22.4 Å². The lowest BCUT2D eigenvalue weighted by Gasteiger charge is -2.30. The second-order valence-electron chi connectivity index (χ2n) is 10.4. The van der Waals surface area contributed by atoms with Gasteiger partial charge < -0.3 is 9.84 Å². The summed E-state index contributed by atoms with van der Waals surface area (Å²) in [5.74, 6) is -1.74. The highest BCUT2D eigenvalue weighted by molar-refractivity contribution is 5.85. The van der Waals surface area contributed by atoms with Crippen molar-refractivity contribution in [3.63, 3.8) is 0 Å². The van der Waals surface area contributed by atoms with Crippen LogP contribution in [0.4, 0.5) is 17.6 Å². The first-order valence-electron chi connectivity index (χ1n) is 13.7. The van der Waals surface area contributed by atoms with Crippen molar-refractivity contribution in [2.75, 3.05) is 13.1 Å². The number of nitrogens with zero attached hydrogens (tertiary/aromatic N) is 1. The molecule has 0 unspecified atom stereocenters. The third-order valence-corrected chi connectivity index (χ3v) is 7.03. The quantitative estimate of drug-likeness (QED) is 0.154. The Morgan fingerprint density at radius 1 is 0.860 bits per heavy atom. The van der Waals surface area contributed by atoms with Crippen LogP contribution < -0.4 is 4.74 Å². The van der Waals surface area contributed by atoms with Crippen molar-refractivity contribution in [3.8, 4) is 5.75 Å². The molecule has 1 N–H and O–H groups in total. The van der Waals surface area contributed by atoms with Crippen molar-refractivity contribution in [2.24, 2.45) is 0 Å². The van der Waals surface area contributed by atoms with Gasteiger partial charge in [0.25, 0.3) is 0 Å². The Hall–Kier alpha value is -3.88. The molecular weight excluding hydrogens is 582 g/mol. The van der Waals surface area contributed by atoms with Gasteiger partial charge in [-0.15, -0.1) is 12.4 Å². The van der Waals surface area contributed by atoms with E-state index in [-0.39, 0.29) is 37.4 Å². The number of hydrogen-bond donors (Lipinski definition) is 1. The zero-order valence-corrected chi connectivity index (χ0v) is 24.5. The first kappa shape index (κ1) is 33.6. The van der Waals surface area contributed by atoms with Gasteiger partial charge in [0.05, 0.1) is 18.1 Å². The average molecular weight is 616 g/mol. The summed E-state index contributed by atoms with van der Waals surface area (Å²) >= 11 is 0. The van der Waals surface area contributed by atoms with Gasteiger partial charge in [-0.1, -0.05) is 78.9 Å². The van der Waals surface area contributed by atoms with Gasteiger partial charge in [0.2, 0.25) is 0 Å². The summed E-state index contributed by atoms with van der Waals surface area (Å²) in [6, 6.07) is 29.9. The smallest absolute Gasteiger partial charge is 0.419 e. The number of benzene rings is 4. The first-order chi connectivity index (χ1) is 20.1. The van der Waals surface area contributed by atoms with Crippen LogP contribution in [0.3, 0.4) is 0 Å². The number of alkyl halides is 3. The van der Waals surface area contributed by atoms with Crippen molar-refractivity contribution in [1.29, 1.82) is 0 Å². The SMILES string of the molecule is C[C@H](CCN(Cc1ccc(F)c(C(F)(F)F)c1)CC(c1ccccc1)c1ccccc1)Oc1cccc(CC(=O)O)c1.Cl. The second kappa shape index (κ2) is 15.5. The zero-order chi connectivity index (χ0) is 30.1. The number of halogens is 5. The van der Waals surface area contributed by atoms with Crippen LogP contribution >= 0.6 is 12.4 Å². The van der Waals surface area contributed by atoms with E-state index in [1.165, 1.54) is 6.07 Å². The molecule has 0 bridgehead atoms. The third-order valence-electron chi connectivity index (χ3n) is 7.03. The molecule has 4 rings (SSSR count). The Bertz CT molecular complexity index is 1410. The Kier molecular flexibility index (Phi) is 12.2. The largest absolute Gasteiger partial charge is 0.491 e. The zero-order valence-electron chi connectivity index (χ0n) is 23.6. The number of carboxylic acids is 1. The van der Waals surface area contributed by atoms with Crippen LogP contribution in [0.1, 0.15) is 47.1 Å². The van der Waals surface area contributed by atoms with E-state index in [0.29, 0.717) is 36.4 Å². The number of carbonyl (C=O) groups is 1. The van der Waals surface area contributed by atoms with Crippen LogP contribution in [0.2, 0.25) is 0 Å². The highest BCUT2D eigenvalue weighted by Gasteiger charge is 2.34. The van der Waals surface area contributed by atoms with Gasteiger partial charge >= 0.3 is 12.1 Å². The van der Waals surface area contributed by atoms with E-state index in [1.807, 2.05) is 67.6 Å². The standard InChI is InChI=1S/C34H33F4NO3.ClH/c1-24(42-29-14-8-9-25(19-29)21-33(40)41)17-18-39(22-26-15-16-32(35)31(20-26)34(36,37)38)23-30(27-10-4-2-5-11-27)28-12-6-3-7-13-28;/h2-16,19-20,24,30H,17-18,21-23H2,1H3,(H,40,41);1H/t24-;/m1./s1. The molecule has 0 saturated carbocycles. The highest BCUT2D eigenvalue weighted by Crippen LogP contribution is 2.33. The molecule has 228 valence electrons. The lowest BCUT2D eigenvalue weighted by molar-refractivity contribution is -0.140. The maximum absolute atomic E-state index is 14.0. The minimum atomic E-state index is -4.79. The van der Waals surface area contributed by atoms with Gasteiger partial charge in [-0.05, 0) is 59.9 Å². The molecular formula is C34H34ClF4NO3. The fourth-order valence-corrected chi connectivity index (χ4v) is 4.97. The highest BCUT2D eigenvalue weighted by atomic mass is 35.5. The van der Waals surface area contributed by atoms with Crippen LogP contribution in [-0.4, -0.2) is 35.2 Å². The van der Waals surface area contributed by atoms with E-state index in [1.54, 1.807) is 24.3 Å². The monoisotopic (exact) mass is 615 g/mol. The van der Waals surface area contributed by atoms with E-state index in [4.69, 9.17) is 9.84 Å². The summed E-state index contributed by atoms with van der Waals surface area (Å²) in [6.45, 7) is 3.08. The molecule has 0 saturated heterocycles. The van der Waals surface area contributed by atoms with Gasteiger partial charge in [0.15, 0.2) is 0 Å². The van der Waals surface area contributed by atoms with Gasteiger partial charge in [-0.2, -0.15) is 13.2 Å². The maximum atomic E-state index is 14.0. The predicted molar refractivity (Wildman–Crippen MR) is 161 cm³/mol. The molecule has 4 nitrogen and oxygen atoms in total. The summed E-state index contributed by atoms with van der Waals surface area (Å²) in [5.41, 5.74) is 1.85. The lowest BCUT2D eigenvalue weighted by atomic mass is 9.90. The summed E-state index contributed by atoms with van der Waals surface area (Å²) in [5, 5.41) is 9.09. The van der Waals surface area contributed by atoms with Crippen molar-refractivity contribution < 1.29 is 32.2 Å². The molecule has 4 aromatic rings. The van der Waals surface area contributed by atoms with E-state index >= 15 is 0 Å². The molecule has 43 heavy (non-hydrogen) atoms. The molecule has 0 spiro atoms. The average Bonchev–Trinajstić information content (AvgIpc) is 2.95. The molecule has 0 aromatic heterocycles. The van der Waals surface area contributed by atoms with Gasteiger partial charge in [0, 0.05) is 25.6 Å². The minimum Gasteiger partial charge on any atom is -0.491 e. The Morgan fingerprint density at radius 3 is 2.07 bits per heavy atom. The molecule has 0 aliphatic carbocycles. The molecule has 4 aromatic carbocycles. The van der Waals surface area contributed by atoms with Crippen molar-refractivity contribution >= 4 is 18.4 Å². The first-order valence-corrected chi connectivity index (χ1v) is 13.7. The fourth-order valence-electron chi connectivity index (χ4n) is 4.97. The number of rotatable bonds is 13. The molecule has 0 aliphatic heterocycles. The van der Waals surface area contributed by atoms with Crippen LogP contribution in [0, 0.1) is 5.82 Å². The normalized spacial score (nSPS) is 12.2. The number of carboxylic acid groups (broad SMARTS) is 1. The maximum Gasteiger partial charge on any atom is 0.419 e. The second-order valence-corrected chi connectivity index (χ2v) is 10.4. The molecule has 0 aliphatic rings. The van der Waals surface area contributed by atoms with Crippen LogP contribution in [0.15, 0.2) is 103 Å². The lowest BCUT2D eigenvalue weighted by Crippen LogP contribution is -2.32.